The first-order valence-corrected chi connectivity index (χ1v) is 12.6. The molecule has 33 heavy (non-hydrogen) atoms. The molecule has 0 spiro atoms. The van der Waals surface area contributed by atoms with Gasteiger partial charge in [0.1, 0.15) is 17.4 Å². The largest absolute Gasteiger partial charge is 0.468 e. The maximum absolute atomic E-state index is 13.2. The predicted molar refractivity (Wildman–Crippen MR) is 122 cm³/mol. The van der Waals surface area contributed by atoms with Crippen LogP contribution in [0.5, 0.6) is 0 Å². The summed E-state index contributed by atoms with van der Waals surface area (Å²) in [5.41, 5.74) is 0.954. The fraction of sp³-hybridized carbons (Fsp3) is 0.435. The molecule has 0 aliphatic carbocycles. The zero-order valence-electron chi connectivity index (χ0n) is 18.7. The number of aryl methyl sites for hydroxylation is 2. The number of amides is 1. The van der Waals surface area contributed by atoms with Crippen LogP contribution in [0.1, 0.15) is 42.2 Å². The minimum atomic E-state index is -3.89. The van der Waals surface area contributed by atoms with Crippen LogP contribution in [0, 0.1) is 6.92 Å². The third-order valence-corrected chi connectivity index (χ3v) is 7.55. The van der Waals surface area contributed by atoms with Crippen molar-refractivity contribution in [1.29, 1.82) is 0 Å². The Morgan fingerprint density at radius 2 is 1.97 bits per heavy atom. The number of hydrogen-bond donors (Lipinski definition) is 1. The number of carbonyl (C=O) groups is 1. The third kappa shape index (κ3) is 5.69. The highest BCUT2D eigenvalue weighted by Gasteiger charge is 2.27. The highest BCUT2D eigenvalue weighted by molar-refractivity contribution is 7.89. The standard InChI is InChI=1S/C23H29N5O4S/c1-18-8-10-20(11-9-18)33(30,31)27(16-19-6-5-15-32-19)17-23(29)24-13-12-22-26-25-21-7-3-2-4-14-28(21)22/h5-6,8-11,15H,2-4,7,12-14,16-17H2,1H3,(H,24,29). The van der Waals surface area contributed by atoms with Crippen molar-refractivity contribution in [3.8, 4) is 0 Å². The van der Waals surface area contributed by atoms with Crippen LogP contribution in [0.15, 0.2) is 52.0 Å². The van der Waals surface area contributed by atoms with Gasteiger partial charge in [-0.3, -0.25) is 4.79 Å². The van der Waals surface area contributed by atoms with Crippen LogP contribution in [0.3, 0.4) is 0 Å². The molecule has 4 rings (SSSR count). The molecule has 3 aromatic rings. The molecule has 9 nitrogen and oxygen atoms in total. The van der Waals surface area contributed by atoms with E-state index in [0.29, 0.717) is 18.7 Å². The van der Waals surface area contributed by atoms with Gasteiger partial charge in [-0.2, -0.15) is 4.31 Å². The van der Waals surface area contributed by atoms with Gasteiger partial charge in [0.25, 0.3) is 0 Å². The molecule has 0 fully saturated rings. The number of rotatable bonds is 9. The monoisotopic (exact) mass is 471 g/mol. The van der Waals surface area contributed by atoms with Gasteiger partial charge in [0.15, 0.2) is 0 Å². The summed E-state index contributed by atoms with van der Waals surface area (Å²) in [4.78, 5) is 12.8. The molecule has 1 aromatic carbocycles. The molecule has 1 aliphatic rings. The van der Waals surface area contributed by atoms with Crippen molar-refractivity contribution in [1.82, 2.24) is 24.4 Å². The average Bonchev–Trinajstić information content (AvgIpc) is 3.38. The van der Waals surface area contributed by atoms with Crippen molar-refractivity contribution in [2.45, 2.75) is 57.0 Å². The highest BCUT2D eigenvalue weighted by atomic mass is 32.2. The zero-order valence-corrected chi connectivity index (χ0v) is 19.6. The van der Waals surface area contributed by atoms with Crippen LogP contribution in [0.4, 0.5) is 0 Å². The Morgan fingerprint density at radius 3 is 2.73 bits per heavy atom. The first-order chi connectivity index (χ1) is 15.9. The second-order valence-corrected chi connectivity index (χ2v) is 10.2. The first kappa shape index (κ1) is 23.2. The van der Waals surface area contributed by atoms with Crippen LogP contribution in [0.2, 0.25) is 0 Å². The Bertz CT molecular complexity index is 1170. The van der Waals surface area contributed by atoms with Crippen LogP contribution < -0.4 is 5.32 Å². The van der Waals surface area contributed by atoms with E-state index in [2.05, 4.69) is 20.1 Å². The molecule has 3 heterocycles. The molecule has 0 radical (unpaired) electrons. The summed E-state index contributed by atoms with van der Waals surface area (Å²) in [6.45, 7) is 2.80. The smallest absolute Gasteiger partial charge is 0.243 e. The molecule has 1 N–H and O–H groups in total. The van der Waals surface area contributed by atoms with E-state index in [4.69, 9.17) is 4.42 Å². The summed E-state index contributed by atoms with van der Waals surface area (Å²) in [5, 5.41) is 11.4. The van der Waals surface area contributed by atoms with Crippen molar-refractivity contribution in [2.75, 3.05) is 13.1 Å². The normalized spacial score (nSPS) is 14.1. The highest BCUT2D eigenvalue weighted by Crippen LogP contribution is 2.19. The number of benzene rings is 1. The van der Waals surface area contributed by atoms with Gasteiger partial charge in [-0.15, -0.1) is 10.2 Å². The van der Waals surface area contributed by atoms with Gasteiger partial charge < -0.3 is 14.3 Å². The summed E-state index contributed by atoms with van der Waals surface area (Å²) in [6.07, 6.45) is 6.35. The summed E-state index contributed by atoms with van der Waals surface area (Å²) in [6, 6.07) is 9.95. The van der Waals surface area contributed by atoms with E-state index in [1.54, 1.807) is 36.4 Å². The molecule has 0 atom stereocenters. The third-order valence-electron chi connectivity index (χ3n) is 5.75. The predicted octanol–water partition coefficient (Wildman–Crippen LogP) is 2.46. The quantitative estimate of drug-likeness (QED) is 0.513. The van der Waals surface area contributed by atoms with Gasteiger partial charge in [0.05, 0.1) is 24.2 Å². The Labute approximate surface area is 193 Å². The molecule has 10 heteroatoms. The maximum atomic E-state index is 13.2. The molecular weight excluding hydrogens is 442 g/mol. The van der Waals surface area contributed by atoms with Crippen molar-refractivity contribution in [3.05, 3.63) is 65.6 Å². The van der Waals surface area contributed by atoms with E-state index in [0.717, 1.165) is 47.3 Å². The second-order valence-electron chi connectivity index (χ2n) is 8.26. The molecule has 0 saturated heterocycles. The van der Waals surface area contributed by atoms with E-state index < -0.39 is 10.0 Å². The van der Waals surface area contributed by atoms with Crippen molar-refractivity contribution < 1.29 is 17.6 Å². The van der Waals surface area contributed by atoms with Gasteiger partial charge in [0.2, 0.25) is 15.9 Å². The number of fused-ring (bicyclic) bond motifs is 1. The number of carbonyl (C=O) groups excluding carboxylic acids is 1. The summed E-state index contributed by atoms with van der Waals surface area (Å²) in [7, 11) is -3.89. The van der Waals surface area contributed by atoms with E-state index in [-0.39, 0.29) is 23.9 Å². The molecule has 0 unspecified atom stereocenters. The number of nitrogens with one attached hydrogen (secondary N) is 1. The summed E-state index contributed by atoms with van der Waals surface area (Å²) in [5.74, 6) is 1.94. The van der Waals surface area contributed by atoms with Crippen LogP contribution in [0.25, 0.3) is 0 Å². The van der Waals surface area contributed by atoms with Gasteiger partial charge in [-0.1, -0.05) is 24.1 Å². The lowest BCUT2D eigenvalue weighted by molar-refractivity contribution is -0.121. The van der Waals surface area contributed by atoms with Crippen molar-refractivity contribution in [2.24, 2.45) is 0 Å². The molecule has 2 aromatic heterocycles. The minimum Gasteiger partial charge on any atom is -0.468 e. The number of aromatic nitrogens is 3. The van der Waals surface area contributed by atoms with E-state index >= 15 is 0 Å². The fourth-order valence-corrected chi connectivity index (χ4v) is 5.28. The number of furan rings is 1. The van der Waals surface area contributed by atoms with Crippen molar-refractivity contribution >= 4 is 15.9 Å². The lowest BCUT2D eigenvalue weighted by Gasteiger charge is -2.21. The molecule has 0 saturated carbocycles. The van der Waals surface area contributed by atoms with E-state index in [1.165, 1.54) is 12.7 Å². The Kier molecular flexibility index (Phi) is 7.24. The SMILES string of the molecule is Cc1ccc(S(=O)(=O)N(CC(=O)NCCc2nnc3n2CCCCC3)Cc2ccco2)cc1. The van der Waals surface area contributed by atoms with Gasteiger partial charge in [0, 0.05) is 25.9 Å². The van der Waals surface area contributed by atoms with E-state index in [1.807, 2.05) is 6.92 Å². The van der Waals surface area contributed by atoms with Gasteiger partial charge >= 0.3 is 0 Å². The fourth-order valence-electron chi connectivity index (χ4n) is 3.92. The molecule has 1 amide bonds. The number of sulfonamides is 1. The summed E-state index contributed by atoms with van der Waals surface area (Å²) >= 11 is 0. The molecular formula is C23H29N5O4S. The van der Waals surface area contributed by atoms with Crippen LogP contribution in [-0.4, -0.2) is 46.5 Å². The molecule has 1 aliphatic heterocycles. The lowest BCUT2D eigenvalue weighted by Crippen LogP contribution is -2.41. The summed E-state index contributed by atoms with van der Waals surface area (Å²) < 4.78 is 35.1. The average molecular weight is 472 g/mol. The Balaban J connectivity index is 1.41. The minimum absolute atomic E-state index is 0.0334. The maximum Gasteiger partial charge on any atom is 0.243 e. The van der Waals surface area contributed by atoms with Crippen LogP contribution >= 0.6 is 0 Å². The molecule has 0 bridgehead atoms. The van der Waals surface area contributed by atoms with Gasteiger partial charge in [-0.25, -0.2) is 8.42 Å². The van der Waals surface area contributed by atoms with Crippen LogP contribution in [-0.2, 0) is 40.7 Å². The Morgan fingerprint density at radius 1 is 1.15 bits per heavy atom. The molecule has 176 valence electrons. The second kappa shape index (κ2) is 10.3. The topological polar surface area (TPSA) is 110 Å². The lowest BCUT2D eigenvalue weighted by atomic mass is 10.2. The number of nitrogens with zero attached hydrogens (tertiary/aromatic N) is 4. The number of hydrogen-bond acceptors (Lipinski definition) is 6. The first-order valence-electron chi connectivity index (χ1n) is 11.2. The van der Waals surface area contributed by atoms with Crippen molar-refractivity contribution in [3.63, 3.8) is 0 Å². The van der Waals surface area contributed by atoms with Gasteiger partial charge in [-0.05, 0) is 44.0 Å². The zero-order chi connectivity index (χ0) is 23.3. The van der Waals surface area contributed by atoms with E-state index in [9.17, 15) is 13.2 Å². The Hall–Kier alpha value is -2.98.